The Balaban J connectivity index is 1.18. The molecule has 4 fully saturated rings. The zero-order chi connectivity index (χ0) is 20.7. The Hall–Kier alpha value is -2.22. The minimum Gasteiger partial charge on any atom is -0.369 e. The van der Waals surface area contributed by atoms with E-state index >= 15 is 0 Å². The average molecular weight is 413 g/mol. The Morgan fingerprint density at radius 2 is 2.00 bits per heavy atom. The number of nitrogens with two attached hydrogens (primary N) is 1. The fourth-order valence-electron chi connectivity index (χ4n) is 5.88. The van der Waals surface area contributed by atoms with Gasteiger partial charge in [0, 0.05) is 31.6 Å². The molecule has 4 saturated heterocycles. The third-order valence-corrected chi connectivity index (χ3v) is 7.71. The SMILES string of the molecule is NC(=O)C1CCN(C(=O)C2CN3CCC2CC3Cn2cc(C3=CCCC3)nn2)CC1. The van der Waals surface area contributed by atoms with Crippen molar-refractivity contribution in [3.63, 3.8) is 0 Å². The number of carbonyl (C=O) groups is 2. The lowest BCUT2D eigenvalue weighted by atomic mass is 9.74. The van der Waals surface area contributed by atoms with Gasteiger partial charge in [-0.25, -0.2) is 0 Å². The van der Waals surface area contributed by atoms with Gasteiger partial charge in [0.2, 0.25) is 11.8 Å². The number of piperidine rings is 4. The quantitative estimate of drug-likeness (QED) is 0.786. The monoisotopic (exact) mass is 412 g/mol. The third-order valence-electron chi connectivity index (χ3n) is 7.71. The van der Waals surface area contributed by atoms with Crippen molar-refractivity contribution in [1.29, 1.82) is 0 Å². The third kappa shape index (κ3) is 3.77. The Bertz CT molecular complexity index is 840. The van der Waals surface area contributed by atoms with Crippen molar-refractivity contribution < 1.29 is 9.59 Å². The van der Waals surface area contributed by atoms with Crippen LogP contribution in [0.4, 0.5) is 0 Å². The minimum atomic E-state index is -0.228. The number of fused-ring (bicyclic) bond motifs is 3. The highest BCUT2D eigenvalue weighted by Crippen LogP contribution is 2.38. The molecular formula is C22H32N6O2. The molecule has 2 bridgehead atoms. The molecule has 1 aliphatic carbocycles. The predicted octanol–water partition coefficient (Wildman–Crippen LogP) is 1.28. The number of amides is 2. The summed E-state index contributed by atoms with van der Waals surface area (Å²) in [4.78, 5) is 29.0. The molecule has 4 unspecified atom stereocenters. The summed E-state index contributed by atoms with van der Waals surface area (Å²) < 4.78 is 1.99. The van der Waals surface area contributed by atoms with Gasteiger partial charge < -0.3 is 10.6 Å². The zero-order valence-corrected chi connectivity index (χ0v) is 17.6. The summed E-state index contributed by atoms with van der Waals surface area (Å²) in [5.41, 5.74) is 7.79. The lowest BCUT2D eigenvalue weighted by Crippen LogP contribution is -2.59. The highest BCUT2D eigenvalue weighted by Gasteiger charge is 2.45. The molecule has 4 atom stereocenters. The molecule has 1 aromatic rings. The molecule has 2 amide bonds. The minimum absolute atomic E-state index is 0.0717. The number of hydrogen-bond acceptors (Lipinski definition) is 5. The van der Waals surface area contributed by atoms with Crippen LogP contribution >= 0.6 is 0 Å². The first-order valence-corrected chi connectivity index (χ1v) is 11.5. The van der Waals surface area contributed by atoms with Gasteiger partial charge in [0.15, 0.2) is 0 Å². The molecule has 8 heteroatoms. The lowest BCUT2D eigenvalue weighted by molar-refractivity contribution is -0.146. The van der Waals surface area contributed by atoms with Crippen LogP contribution in [0.5, 0.6) is 0 Å². The summed E-state index contributed by atoms with van der Waals surface area (Å²) in [6, 6.07) is 0.431. The van der Waals surface area contributed by atoms with E-state index in [-0.39, 0.29) is 23.7 Å². The predicted molar refractivity (Wildman–Crippen MR) is 112 cm³/mol. The average Bonchev–Trinajstić information content (AvgIpc) is 3.46. The van der Waals surface area contributed by atoms with Crippen molar-refractivity contribution in [2.45, 2.75) is 57.5 Å². The number of hydrogen-bond donors (Lipinski definition) is 1. The number of rotatable bonds is 5. The van der Waals surface area contributed by atoms with Crippen LogP contribution in [0.25, 0.3) is 5.57 Å². The number of primary amides is 1. The smallest absolute Gasteiger partial charge is 0.227 e. The second-order valence-corrected chi connectivity index (χ2v) is 9.49. The number of nitrogens with zero attached hydrogens (tertiary/aromatic N) is 5. The van der Waals surface area contributed by atoms with E-state index in [1.54, 1.807) is 0 Å². The van der Waals surface area contributed by atoms with E-state index in [1.165, 1.54) is 12.0 Å². The fourth-order valence-corrected chi connectivity index (χ4v) is 5.88. The van der Waals surface area contributed by atoms with Gasteiger partial charge in [0.05, 0.1) is 18.7 Å². The molecule has 30 heavy (non-hydrogen) atoms. The molecule has 2 N–H and O–H groups in total. The maximum Gasteiger partial charge on any atom is 0.227 e. The van der Waals surface area contributed by atoms with Gasteiger partial charge in [0.25, 0.3) is 0 Å². The topological polar surface area (TPSA) is 97.3 Å². The maximum absolute atomic E-state index is 13.2. The van der Waals surface area contributed by atoms with Crippen LogP contribution in [-0.2, 0) is 16.1 Å². The first kappa shape index (κ1) is 19.7. The van der Waals surface area contributed by atoms with Crippen molar-refractivity contribution in [2.24, 2.45) is 23.5 Å². The number of allylic oxidation sites excluding steroid dienone is 2. The van der Waals surface area contributed by atoms with E-state index < -0.39 is 0 Å². The molecule has 5 aliphatic rings. The van der Waals surface area contributed by atoms with Crippen LogP contribution in [0.1, 0.15) is 50.6 Å². The van der Waals surface area contributed by atoms with Crippen molar-refractivity contribution in [3.8, 4) is 0 Å². The summed E-state index contributed by atoms with van der Waals surface area (Å²) in [5.74, 6) is 0.519. The molecule has 162 valence electrons. The van der Waals surface area contributed by atoms with Crippen molar-refractivity contribution in [3.05, 3.63) is 18.0 Å². The van der Waals surface area contributed by atoms with E-state index in [1.807, 2.05) is 9.58 Å². The van der Waals surface area contributed by atoms with Crippen molar-refractivity contribution >= 4 is 17.4 Å². The summed E-state index contributed by atoms with van der Waals surface area (Å²) in [6.07, 6.45) is 11.4. The Morgan fingerprint density at radius 3 is 2.67 bits per heavy atom. The summed E-state index contributed by atoms with van der Waals surface area (Å²) in [5, 5.41) is 8.75. The number of carbonyl (C=O) groups excluding carboxylic acids is 2. The van der Waals surface area contributed by atoms with Crippen LogP contribution < -0.4 is 5.73 Å². The van der Waals surface area contributed by atoms with Crippen LogP contribution in [0, 0.1) is 17.8 Å². The van der Waals surface area contributed by atoms with E-state index in [2.05, 4.69) is 27.5 Å². The van der Waals surface area contributed by atoms with Crippen molar-refractivity contribution in [1.82, 2.24) is 24.8 Å². The molecule has 0 radical (unpaired) electrons. The molecular weight excluding hydrogens is 380 g/mol. The number of likely N-dealkylation sites (tertiary alicyclic amines) is 1. The van der Waals surface area contributed by atoms with Gasteiger partial charge in [-0.1, -0.05) is 11.3 Å². The van der Waals surface area contributed by atoms with Gasteiger partial charge in [-0.2, -0.15) is 0 Å². The van der Waals surface area contributed by atoms with E-state index in [0.29, 0.717) is 37.9 Å². The molecule has 0 saturated carbocycles. The Kier molecular flexibility index (Phi) is 5.35. The summed E-state index contributed by atoms with van der Waals surface area (Å²) in [7, 11) is 0. The van der Waals surface area contributed by atoms with Gasteiger partial charge >= 0.3 is 0 Å². The first-order valence-electron chi connectivity index (χ1n) is 11.5. The van der Waals surface area contributed by atoms with Gasteiger partial charge in [0.1, 0.15) is 5.69 Å². The number of aromatic nitrogens is 3. The molecule has 0 spiro atoms. The molecule has 4 aliphatic heterocycles. The zero-order valence-electron chi connectivity index (χ0n) is 17.6. The molecule has 0 aromatic carbocycles. The molecule has 1 aromatic heterocycles. The van der Waals surface area contributed by atoms with E-state index in [9.17, 15) is 9.59 Å². The van der Waals surface area contributed by atoms with Crippen LogP contribution in [-0.4, -0.2) is 68.8 Å². The highest BCUT2D eigenvalue weighted by atomic mass is 16.2. The summed E-state index contributed by atoms with van der Waals surface area (Å²) in [6.45, 7) is 4.08. The Morgan fingerprint density at radius 1 is 1.17 bits per heavy atom. The maximum atomic E-state index is 13.2. The van der Waals surface area contributed by atoms with Crippen molar-refractivity contribution in [2.75, 3.05) is 26.2 Å². The van der Waals surface area contributed by atoms with Gasteiger partial charge in [-0.3, -0.25) is 19.2 Å². The molecule has 6 rings (SSSR count). The first-order chi connectivity index (χ1) is 14.6. The molecule has 8 nitrogen and oxygen atoms in total. The normalized spacial score (nSPS) is 31.7. The van der Waals surface area contributed by atoms with Gasteiger partial charge in [-0.15, -0.1) is 5.10 Å². The van der Waals surface area contributed by atoms with Crippen LogP contribution in [0.15, 0.2) is 12.3 Å². The second-order valence-electron chi connectivity index (χ2n) is 9.49. The molecule has 5 heterocycles. The summed E-state index contributed by atoms with van der Waals surface area (Å²) >= 11 is 0. The largest absolute Gasteiger partial charge is 0.369 e. The van der Waals surface area contributed by atoms with Gasteiger partial charge in [-0.05, 0) is 63.0 Å². The van der Waals surface area contributed by atoms with Crippen LogP contribution in [0.2, 0.25) is 0 Å². The standard InChI is InChI=1S/C22H32N6O2/c23-21(29)16-5-8-26(9-6-16)22(30)19-13-27-10-7-17(19)11-18(27)12-28-14-20(24-25-28)15-3-1-2-4-15/h3,14,16-19H,1-2,4-13H2,(H2,23,29). The Labute approximate surface area is 177 Å². The van der Waals surface area contributed by atoms with E-state index in [0.717, 1.165) is 51.0 Å². The van der Waals surface area contributed by atoms with E-state index in [4.69, 9.17) is 5.73 Å². The second kappa shape index (κ2) is 8.13. The fraction of sp³-hybridized carbons (Fsp3) is 0.727. The highest BCUT2D eigenvalue weighted by molar-refractivity contribution is 5.81. The van der Waals surface area contributed by atoms with Crippen LogP contribution in [0.3, 0.4) is 0 Å². The lowest BCUT2D eigenvalue weighted by Gasteiger charge is -2.50.